The molecule has 0 radical (unpaired) electrons. The highest BCUT2D eigenvalue weighted by Gasteiger charge is 2.24. The van der Waals surface area contributed by atoms with Crippen LogP contribution in [0.25, 0.3) is 0 Å². The van der Waals surface area contributed by atoms with Crippen LogP contribution in [0, 0.1) is 5.92 Å². The van der Waals surface area contributed by atoms with Gasteiger partial charge >= 0.3 is 0 Å². The number of H-pyrrole nitrogens is 1. The summed E-state index contributed by atoms with van der Waals surface area (Å²) >= 11 is 12.2. The largest absolute Gasteiger partial charge is 0.344 e. The van der Waals surface area contributed by atoms with Crippen molar-refractivity contribution in [3.05, 3.63) is 52.6 Å². The lowest BCUT2D eigenvalue weighted by Gasteiger charge is -2.22. The molecule has 2 nitrogen and oxygen atoms in total. The number of imidazole rings is 1. The summed E-state index contributed by atoms with van der Waals surface area (Å²) in [4.78, 5) is 7.78. The van der Waals surface area contributed by atoms with Crippen molar-refractivity contribution < 1.29 is 0 Å². The first-order chi connectivity index (χ1) is 9.17. The fourth-order valence-corrected chi connectivity index (χ4v) is 2.68. The summed E-state index contributed by atoms with van der Waals surface area (Å²) in [6.07, 6.45) is 2.86. The predicted octanol–water partition coefficient (Wildman–Crippen LogP) is 5.40. The van der Waals surface area contributed by atoms with E-state index in [4.69, 9.17) is 23.2 Å². The number of alkyl halides is 1. The van der Waals surface area contributed by atoms with E-state index in [1.165, 1.54) is 0 Å². The first kappa shape index (κ1) is 17.4. The van der Waals surface area contributed by atoms with E-state index < -0.39 is 0 Å². The van der Waals surface area contributed by atoms with Gasteiger partial charge in [-0.05, 0) is 17.5 Å². The van der Waals surface area contributed by atoms with Crippen LogP contribution in [-0.2, 0) is 5.88 Å². The van der Waals surface area contributed by atoms with Gasteiger partial charge in [-0.15, -0.1) is 24.0 Å². The van der Waals surface area contributed by atoms with E-state index in [0.717, 1.165) is 28.5 Å². The van der Waals surface area contributed by atoms with Crippen molar-refractivity contribution in [2.24, 2.45) is 5.92 Å². The average Bonchev–Trinajstić information content (AvgIpc) is 2.89. The molecule has 0 amide bonds. The van der Waals surface area contributed by atoms with Gasteiger partial charge in [0.2, 0.25) is 0 Å². The van der Waals surface area contributed by atoms with Crippen LogP contribution >= 0.6 is 35.6 Å². The topological polar surface area (TPSA) is 28.7 Å². The van der Waals surface area contributed by atoms with Gasteiger partial charge in [0.05, 0.1) is 5.88 Å². The van der Waals surface area contributed by atoms with Gasteiger partial charge in [0.25, 0.3) is 0 Å². The predicted molar refractivity (Wildman–Crippen MR) is 88.1 cm³/mol. The second kappa shape index (κ2) is 7.92. The van der Waals surface area contributed by atoms with Crippen LogP contribution in [0.5, 0.6) is 0 Å². The monoisotopic (exact) mass is 332 g/mol. The molecule has 1 heterocycles. The Balaban J connectivity index is 0.00000200. The number of nitrogens with one attached hydrogen (secondary N) is 1. The minimum Gasteiger partial charge on any atom is -0.344 e. The summed E-state index contributed by atoms with van der Waals surface area (Å²) in [5.74, 6) is 2.02. The van der Waals surface area contributed by atoms with Gasteiger partial charge in [0.1, 0.15) is 5.82 Å². The molecular formula is C15H19Cl3N2. The smallest absolute Gasteiger partial charge is 0.114 e. The van der Waals surface area contributed by atoms with Gasteiger partial charge in [0, 0.05) is 22.8 Å². The Morgan fingerprint density at radius 2 is 2.00 bits per heavy atom. The first-order valence-electron chi connectivity index (χ1n) is 6.51. The normalized spacial score (nSPS) is 13.6. The zero-order valence-corrected chi connectivity index (χ0v) is 13.9. The number of aromatic nitrogens is 2. The van der Waals surface area contributed by atoms with Crippen LogP contribution in [-0.4, -0.2) is 9.97 Å². The van der Waals surface area contributed by atoms with E-state index in [9.17, 15) is 0 Å². The van der Waals surface area contributed by atoms with Crippen molar-refractivity contribution in [3.63, 3.8) is 0 Å². The molecule has 1 N–H and O–H groups in total. The highest BCUT2D eigenvalue weighted by Crippen LogP contribution is 2.35. The number of benzene rings is 1. The van der Waals surface area contributed by atoms with E-state index in [2.05, 4.69) is 29.9 Å². The second-order valence-corrected chi connectivity index (χ2v) is 5.49. The summed E-state index contributed by atoms with van der Waals surface area (Å²) in [7, 11) is 0. The van der Waals surface area contributed by atoms with E-state index in [-0.39, 0.29) is 18.3 Å². The van der Waals surface area contributed by atoms with Crippen LogP contribution in [0.1, 0.15) is 43.3 Å². The number of aromatic amines is 1. The first-order valence-corrected chi connectivity index (χ1v) is 7.42. The molecule has 110 valence electrons. The van der Waals surface area contributed by atoms with Crippen LogP contribution in [0.2, 0.25) is 5.02 Å². The lowest BCUT2D eigenvalue weighted by molar-refractivity contribution is 0.481. The summed E-state index contributed by atoms with van der Waals surface area (Å²) < 4.78 is 0. The molecule has 20 heavy (non-hydrogen) atoms. The quantitative estimate of drug-likeness (QED) is 0.729. The molecule has 1 aromatic heterocycles. The summed E-state index contributed by atoms with van der Waals surface area (Å²) in [6.45, 7) is 4.40. The van der Waals surface area contributed by atoms with Crippen LogP contribution < -0.4 is 0 Å². The molecule has 2 rings (SSSR count). The second-order valence-electron chi connectivity index (χ2n) is 4.81. The van der Waals surface area contributed by atoms with Gasteiger partial charge in [-0.1, -0.05) is 50.1 Å². The Hall–Kier alpha value is -0.700. The molecule has 2 aromatic rings. The molecule has 0 saturated heterocycles. The fraction of sp³-hybridized carbons (Fsp3) is 0.400. The standard InChI is InChI=1S/C15H18Cl2N2.ClH/c1-3-10(2)14(12-6-4-5-7-13(12)17)15-18-9-11(8-16)19-15;/h4-7,9-10,14H,3,8H2,1-2H3,(H,18,19);1H. The van der Waals surface area contributed by atoms with Gasteiger partial charge in [-0.25, -0.2) is 4.98 Å². The molecule has 0 aliphatic heterocycles. The minimum atomic E-state index is 0. The van der Waals surface area contributed by atoms with E-state index >= 15 is 0 Å². The van der Waals surface area contributed by atoms with E-state index in [0.29, 0.717) is 11.8 Å². The lowest BCUT2D eigenvalue weighted by Crippen LogP contribution is -2.13. The number of halogens is 3. The van der Waals surface area contributed by atoms with Gasteiger partial charge < -0.3 is 4.98 Å². The Labute approximate surface area is 136 Å². The van der Waals surface area contributed by atoms with Crippen LogP contribution in [0.15, 0.2) is 30.5 Å². The maximum Gasteiger partial charge on any atom is 0.114 e. The third-order valence-electron chi connectivity index (χ3n) is 3.54. The number of rotatable bonds is 5. The molecular weight excluding hydrogens is 315 g/mol. The Morgan fingerprint density at radius 1 is 1.30 bits per heavy atom. The maximum absolute atomic E-state index is 6.34. The summed E-state index contributed by atoms with van der Waals surface area (Å²) in [5, 5.41) is 0.789. The SMILES string of the molecule is CCC(C)C(c1ncc(CCl)[nH]1)c1ccccc1Cl.Cl. The number of hydrogen-bond donors (Lipinski definition) is 1. The van der Waals surface area contributed by atoms with Crippen molar-refractivity contribution in [1.82, 2.24) is 9.97 Å². The minimum absolute atomic E-state index is 0. The Kier molecular flexibility index (Phi) is 6.87. The third kappa shape index (κ3) is 3.69. The molecule has 0 saturated carbocycles. The average molecular weight is 334 g/mol. The zero-order chi connectivity index (χ0) is 13.8. The van der Waals surface area contributed by atoms with Crippen LogP contribution in [0.4, 0.5) is 0 Å². The highest BCUT2D eigenvalue weighted by atomic mass is 35.5. The zero-order valence-electron chi connectivity index (χ0n) is 11.6. The van der Waals surface area contributed by atoms with Crippen molar-refractivity contribution in [3.8, 4) is 0 Å². The molecule has 5 heteroatoms. The molecule has 0 aliphatic carbocycles. The molecule has 0 spiro atoms. The van der Waals surface area contributed by atoms with E-state index in [1.54, 1.807) is 6.20 Å². The van der Waals surface area contributed by atoms with E-state index in [1.807, 2.05) is 18.2 Å². The molecule has 1 aromatic carbocycles. The molecule has 0 bridgehead atoms. The Morgan fingerprint density at radius 3 is 2.55 bits per heavy atom. The molecule has 2 unspecified atom stereocenters. The summed E-state index contributed by atoms with van der Waals surface area (Å²) in [5.41, 5.74) is 2.06. The van der Waals surface area contributed by atoms with Crippen molar-refractivity contribution in [2.45, 2.75) is 32.1 Å². The van der Waals surface area contributed by atoms with Gasteiger partial charge in [-0.2, -0.15) is 0 Å². The highest BCUT2D eigenvalue weighted by molar-refractivity contribution is 6.31. The summed E-state index contributed by atoms with van der Waals surface area (Å²) in [6, 6.07) is 7.97. The van der Waals surface area contributed by atoms with Crippen LogP contribution in [0.3, 0.4) is 0 Å². The molecule has 0 aliphatic rings. The molecule has 2 atom stereocenters. The lowest BCUT2D eigenvalue weighted by atomic mass is 9.85. The van der Waals surface area contributed by atoms with Crippen molar-refractivity contribution in [2.75, 3.05) is 0 Å². The van der Waals surface area contributed by atoms with Gasteiger partial charge in [0.15, 0.2) is 0 Å². The Bertz CT molecular complexity index is 539. The van der Waals surface area contributed by atoms with Crippen molar-refractivity contribution >= 4 is 35.6 Å². The third-order valence-corrected chi connectivity index (χ3v) is 4.17. The maximum atomic E-state index is 6.34. The number of hydrogen-bond acceptors (Lipinski definition) is 1. The van der Waals surface area contributed by atoms with Crippen molar-refractivity contribution in [1.29, 1.82) is 0 Å². The number of nitrogens with zero attached hydrogens (tertiary/aromatic N) is 1. The fourth-order valence-electron chi connectivity index (χ4n) is 2.29. The van der Waals surface area contributed by atoms with Gasteiger partial charge in [-0.3, -0.25) is 0 Å². The molecule has 0 fully saturated rings.